The third-order valence-corrected chi connectivity index (χ3v) is 3.66. The van der Waals surface area contributed by atoms with Gasteiger partial charge in [0, 0.05) is 0 Å². The van der Waals surface area contributed by atoms with E-state index in [2.05, 4.69) is 19.2 Å². The minimum absolute atomic E-state index is 0.0490. The van der Waals surface area contributed by atoms with Crippen molar-refractivity contribution in [1.29, 1.82) is 0 Å². The summed E-state index contributed by atoms with van der Waals surface area (Å²) in [4.78, 5) is 11.9. The molecule has 0 aliphatic heterocycles. The summed E-state index contributed by atoms with van der Waals surface area (Å²) >= 11 is 0. The van der Waals surface area contributed by atoms with Gasteiger partial charge in [0.05, 0.1) is 6.04 Å². The molecule has 2 aromatic carbocycles. The van der Waals surface area contributed by atoms with E-state index >= 15 is 0 Å². The predicted octanol–water partition coefficient (Wildman–Crippen LogP) is 4.21. The molecule has 1 amide bonds. The zero-order chi connectivity index (χ0) is 16.8. The standard InChI is InChI=1S/C19H22FNO2/c1-13(2)15-6-10-18(11-7-15)23-12-19(22)21-14(3)16-4-8-17(20)9-5-16/h4-11,13-14H,12H2,1-3H3,(H,21,22). The average Bonchev–Trinajstić information content (AvgIpc) is 2.54. The van der Waals surface area contributed by atoms with Crippen molar-refractivity contribution in [2.24, 2.45) is 0 Å². The second-order valence-corrected chi connectivity index (χ2v) is 5.85. The fourth-order valence-corrected chi connectivity index (χ4v) is 2.22. The topological polar surface area (TPSA) is 38.3 Å². The number of carbonyl (C=O) groups is 1. The van der Waals surface area contributed by atoms with Gasteiger partial charge in [0.25, 0.3) is 5.91 Å². The Kier molecular flexibility index (Phi) is 5.74. The highest BCUT2D eigenvalue weighted by Gasteiger charge is 2.10. The van der Waals surface area contributed by atoms with Gasteiger partial charge in [0.1, 0.15) is 11.6 Å². The van der Waals surface area contributed by atoms with Crippen LogP contribution in [0.1, 0.15) is 43.9 Å². The van der Waals surface area contributed by atoms with Crippen LogP contribution in [0.2, 0.25) is 0 Å². The molecule has 0 heterocycles. The van der Waals surface area contributed by atoms with E-state index in [0.717, 1.165) is 5.56 Å². The van der Waals surface area contributed by atoms with Crippen molar-refractivity contribution in [3.63, 3.8) is 0 Å². The Morgan fingerprint density at radius 2 is 1.57 bits per heavy atom. The average molecular weight is 315 g/mol. The highest BCUT2D eigenvalue weighted by Crippen LogP contribution is 2.18. The van der Waals surface area contributed by atoms with Crippen LogP contribution in [-0.2, 0) is 4.79 Å². The van der Waals surface area contributed by atoms with E-state index in [4.69, 9.17) is 4.74 Å². The maximum Gasteiger partial charge on any atom is 0.258 e. The van der Waals surface area contributed by atoms with Crippen molar-refractivity contribution in [1.82, 2.24) is 5.32 Å². The first-order valence-corrected chi connectivity index (χ1v) is 7.73. The van der Waals surface area contributed by atoms with Gasteiger partial charge in [-0.25, -0.2) is 4.39 Å². The van der Waals surface area contributed by atoms with E-state index in [-0.39, 0.29) is 24.4 Å². The summed E-state index contributed by atoms with van der Waals surface area (Å²) in [5, 5.41) is 2.83. The molecule has 122 valence electrons. The van der Waals surface area contributed by atoms with E-state index in [0.29, 0.717) is 11.7 Å². The van der Waals surface area contributed by atoms with E-state index in [1.165, 1.54) is 17.7 Å². The highest BCUT2D eigenvalue weighted by atomic mass is 19.1. The van der Waals surface area contributed by atoms with Gasteiger partial charge in [-0.3, -0.25) is 4.79 Å². The molecule has 0 saturated heterocycles. The largest absolute Gasteiger partial charge is 0.484 e. The molecule has 1 unspecified atom stereocenters. The van der Waals surface area contributed by atoms with Crippen LogP contribution in [0.4, 0.5) is 4.39 Å². The van der Waals surface area contributed by atoms with Crippen molar-refractivity contribution in [2.45, 2.75) is 32.7 Å². The molecule has 2 aromatic rings. The molecule has 0 spiro atoms. The number of benzene rings is 2. The fourth-order valence-electron chi connectivity index (χ4n) is 2.22. The molecular formula is C19H22FNO2. The molecule has 0 aliphatic rings. The zero-order valence-electron chi connectivity index (χ0n) is 13.7. The number of hydrogen-bond donors (Lipinski definition) is 1. The van der Waals surface area contributed by atoms with Crippen LogP contribution in [0.15, 0.2) is 48.5 Å². The fraction of sp³-hybridized carbons (Fsp3) is 0.316. The van der Waals surface area contributed by atoms with Gasteiger partial charge in [0.2, 0.25) is 0 Å². The van der Waals surface area contributed by atoms with E-state index in [9.17, 15) is 9.18 Å². The van der Waals surface area contributed by atoms with Crippen LogP contribution in [0.25, 0.3) is 0 Å². The maximum absolute atomic E-state index is 12.9. The third kappa shape index (κ3) is 5.09. The Balaban J connectivity index is 1.83. The molecule has 1 atom stereocenters. The van der Waals surface area contributed by atoms with Crippen molar-refractivity contribution in [3.05, 3.63) is 65.5 Å². The molecule has 2 rings (SSSR count). The lowest BCUT2D eigenvalue weighted by Gasteiger charge is -2.15. The van der Waals surface area contributed by atoms with Crippen LogP contribution in [-0.4, -0.2) is 12.5 Å². The monoisotopic (exact) mass is 315 g/mol. The SMILES string of the molecule is CC(C)c1ccc(OCC(=O)NC(C)c2ccc(F)cc2)cc1. The molecule has 0 saturated carbocycles. The predicted molar refractivity (Wildman–Crippen MR) is 89.0 cm³/mol. The van der Waals surface area contributed by atoms with Crippen molar-refractivity contribution in [3.8, 4) is 5.75 Å². The van der Waals surface area contributed by atoms with Gasteiger partial charge in [-0.15, -0.1) is 0 Å². The molecular weight excluding hydrogens is 293 g/mol. The highest BCUT2D eigenvalue weighted by molar-refractivity contribution is 5.78. The van der Waals surface area contributed by atoms with Gasteiger partial charge < -0.3 is 10.1 Å². The summed E-state index contributed by atoms with van der Waals surface area (Å²) in [6, 6.07) is 13.6. The number of nitrogens with one attached hydrogen (secondary N) is 1. The van der Waals surface area contributed by atoms with Crippen LogP contribution >= 0.6 is 0 Å². The minimum Gasteiger partial charge on any atom is -0.484 e. The number of halogens is 1. The first kappa shape index (κ1) is 17.0. The molecule has 23 heavy (non-hydrogen) atoms. The quantitative estimate of drug-likeness (QED) is 0.867. The first-order chi connectivity index (χ1) is 11.0. The molecule has 0 aromatic heterocycles. The summed E-state index contributed by atoms with van der Waals surface area (Å²) in [5.74, 6) is 0.623. The second kappa shape index (κ2) is 7.77. The first-order valence-electron chi connectivity index (χ1n) is 7.73. The maximum atomic E-state index is 12.9. The van der Waals surface area contributed by atoms with E-state index in [1.807, 2.05) is 31.2 Å². The number of ether oxygens (including phenoxy) is 1. The molecule has 0 radical (unpaired) electrons. The summed E-state index contributed by atoms with van der Waals surface area (Å²) in [6.45, 7) is 6.05. The number of amides is 1. The van der Waals surface area contributed by atoms with Crippen LogP contribution in [0, 0.1) is 5.82 Å². The number of rotatable bonds is 6. The summed E-state index contributed by atoms with van der Waals surface area (Å²) in [7, 11) is 0. The Hall–Kier alpha value is -2.36. The van der Waals surface area contributed by atoms with Gasteiger partial charge >= 0.3 is 0 Å². The molecule has 4 heteroatoms. The van der Waals surface area contributed by atoms with Crippen molar-refractivity contribution >= 4 is 5.91 Å². The molecule has 0 aliphatic carbocycles. The Morgan fingerprint density at radius 3 is 2.13 bits per heavy atom. The van der Waals surface area contributed by atoms with E-state index in [1.54, 1.807) is 12.1 Å². The minimum atomic E-state index is -0.291. The number of carbonyl (C=O) groups excluding carboxylic acids is 1. The third-order valence-electron chi connectivity index (χ3n) is 3.66. The Labute approximate surface area is 136 Å². The van der Waals surface area contributed by atoms with Gasteiger partial charge in [-0.1, -0.05) is 38.1 Å². The smallest absolute Gasteiger partial charge is 0.258 e. The van der Waals surface area contributed by atoms with Gasteiger partial charge in [-0.05, 0) is 48.2 Å². The molecule has 3 nitrogen and oxygen atoms in total. The normalized spacial score (nSPS) is 12.0. The molecule has 1 N–H and O–H groups in total. The summed E-state index contributed by atoms with van der Waals surface area (Å²) in [6.07, 6.45) is 0. The lowest BCUT2D eigenvalue weighted by atomic mass is 10.0. The van der Waals surface area contributed by atoms with Crippen molar-refractivity contribution in [2.75, 3.05) is 6.61 Å². The van der Waals surface area contributed by atoms with E-state index < -0.39 is 0 Å². The summed E-state index contributed by atoms with van der Waals surface area (Å²) in [5.41, 5.74) is 2.08. The zero-order valence-corrected chi connectivity index (χ0v) is 13.7. The van der Waals surface area contributed by atoms with Crippen LogP contribution in [0.5, 0.6) is 5.75 Å². The van der Waals surface area contributed by atoms with Crippen LogP contribution < -0.4 is 10.1 Å². The summed E-state index contributed by atoms with van der Waals surface area (Å²) < 4.78 is 18.4. The lowest BCUT2D eigenvalue weighted by molar-refractivity contribution is -0.123. The van der Waals surface area contributed by atoms with Gasteiger partial charge in [-0.2, -0.15) is 0 Å². The Morgan fingerprint density at radius 1 is 1.00 bits per heavy atom. The van der Waals surface area contributed by atoms with Crippen LogP contribution in [0.3, 0.4) is 0 Å². The van der Waals surface area contributed by atoms with Crippen molar-refractivity contribution < 1.29 is 13.9 Å². The lowest BCUT2D eigenvalue weighted by Crippen LogP contribution is -2.31. The number of hydrogen-bond acceptors (Lipinski definition) is 2. The molecule has 0 bridgehead atoms. The Bertz CT molecular complexity index is 635. The van der Waals surface area contributed by atoms with Gasteiger partial charge in [0.15, 0.2) is 6.61 Å². The second-order valence-electron chi connectivity index (χ2n) is 5.85. The molecule has 0 fully saturated rings.